The van der Waals surface area contributed by atoms with Gasteiger partial charge in [0.05, 0.1) is 35.6 Å². The second kappa shape index (κ2) is 21.6. The van der Waals surface area contributed by atoms with Crippen molar-refractivity contribution < 1.29 is 77.3 Å². The second-order valence-corrected chi connectivity index (χ2v) is 17.1. The van der Waals surface area contributed by atoms with Crippen LogP contribution in [0.2, 0.25) is 10.0 Å². The molecule has 0 unspecified atom stereocenters. The van der Waals surface area contributed by atoms with Gasteiger partial charge in [-0.05, 0) is 72.8 Å². The van der Waals surface area contributed by atoms with Crippen LogP contribution in [0.1, 0.15) is 44.0 Å². The Morgan fingerprint density at radius 2 is 0.899 bits per heavy atom. The topological polar surface area (TPSA) is 285 Å². The summed E-state index contributed by atoms with van der Waals surface area (Å²) in [6.45, 7) is -4.56. The third-order valence-corrected chi connectivity index (χ3v) is 11.2. The van der Waals surface area contributed by atoms with E-state index in [1.165, 1.54) is 60.7 Å². The van der Waals surface area contributed by atoms with Crippen LogP contribution in [-0.4, -0.2) is 104 Å². The zero-order valence-corrected chi connectivity index (χ0v) is 40.3. The number of Topliss-reactive ketones (excluding diaryl/α,β-unsaturated/α-hetero) is 1. The molecule has 0 aliphatic heterocycles. The molecule has 0 saturated carbocycles. The van der Waals surface area contributed by atoms with Crippen LogP contribution in [0, 0.1) is 0 Å². The van der Waals surface area contributed by atoms with Gasteiger partial charge in [0.15, 0.2) is 23.3 Å². The zero-order valence-electron chi connectivity index (χ0n) is 38.8. The molecule has 4 heterocycles. The SMILES string of the molecule is NC(=O)c1nc(Cn2nc(-c3ccc(Cl)cc3)n(CC(=O)C(F)(F)F)c2=O)nn1-c1ccccc1C(F)(F)F.NC(=O)c1nc(Cn2nc(-c3ccc(Cl)cc3)n(CC(O)(O)C(F)(F)F)c2=O)nn1-c1ccccc1C(F)(F)F. The number of alkyl halides is 12. The van der Waals surface area contributed by atoms with Gasteiger partial charge in [-0.15, -0.1) is 20.4 Å². The van der Waals surface area contributed by atoms with Crippen LogP contribution < -0.4 is 22.8 Å². The van der Waals surface area contributed by atoms with Crippen molar-refractivity contribution in [3.8, 4) is 34.2 Å². The number of aliphatic hydroxyl groups is 2. The summed E-state index contributed by atoms with van der Waals surface area (Å²) in [6, 6.07) is 18.8. The van der Waals surface area contributed by atoms with E-state index in [1.54, 1.807) is 0 Å². The predicted octanol–water partition coefficient (Wildman–Crippen LogP) is 5.60. The molecule has 0 bridgehead atoms. The first kappa shape index (κ1) is 58.0. The highest BCUT2D eigenvalue weighted by atomic mass is 35.5. The number of nitrogens with zero attached hydrogens (tertiary/aromatic N) is 12. The number of hydrogen-bond acceptors (Lipinski definition) is 13. The molecule has 0 aliphatic carbocycles. The molecule has 79 heavy (non-hydrogen) atoms. The standard InChI is InChI=1S/C22H16ClF6N7O4.C22H14ClF6N7O3/c23-12-7-5-11(6-8-12)17-33-35(19(38)34(17)10-20(39,40)22(27,28)29)9-15-31-18(16(30)37)36(32-15)14-4-2-1-3-13(14)21(24,25)26;23-12-7-5-11(6-8-12)18-33-35(20(39)34(18)9-15(37)22(27,28)29)10-16-31-19(17(30)38)36(32-16)14-4-2-1-3-13(14)21(24,25)26/h1-8,39-40H,9-10H2,(H2,30,37);1-8H,9-10H2,(H2,30,38). The molecule has 35 heteroatoms. The van der Waals surface area contributed by atoms with Crippen LogP contribution in [0.4, 0.5) is 52.7 Å². The monoisotopic (exact) mass is 1160 g/mol. The molecule has 8 rings (SSSR count). The van der Waals surface area contributed by atoms with E-state index in [1.807, 2.05) is 0 Å². The lowest BCUT2D eigenvalue weighted by Crippen LogP contribution is -2.50. The number of hydrogen-bond donors (Lipinski definition) is 4. The highest BCUT2D eigenvalue weighted by Gasteiger charge is 2.54. The van der Waals surface area contributed by atoms with E-state index in [4.69, 9.17) is 34.7 Å². The summed E-state index contributed by atoms with van der Waals surface area (Å²) in [6.07, 6.45) is -20.5. The van der Waals surface area contributed by atoms with Gasteiger partial charge in [-0.25, -0.2) is 38.3 Å². The molecule has 416 valence electrons. The van der Waals surface area contributed by atoms with Crippen molar-refractivity contribution in [2.75, 3.05) is 0 Å². The van der Waals surface area contributed by atoms with Crippen molar-refractivity contribution in [3.05, 3.63) is 163 Å². The van der Waals surface area contributed by atoms with Crippen molar-refractivity contribution >= 4 is 40.8 Å². The molecular formula is C44H30Cl2F12N14O7. The summed E-state index contributed by atoms with van der Waals surface area (Å²) < 4.78 is 163. The fourth-order valence-electron chi connectivity index (χ4n) is 7.10. The minimum absolute atomic E-state index is 0.0497. The Labute approximate surface area is 440 Å². The summed E-state index contributed by atoms with van der Waals surface area (Å²) >= 11 is 11.7. The number of rotatable bonds is 14. The highest BCUT2D eigenvalue weighted by Crippen LogP contribution is 2.36. The molecular weight excluding hydrogens is 1140 g/mol. The summed E-state index contributed by atoms with van der Waals surface area (Å²) in [5, 5.41) is 35.3. The van der Waals surface area contributed by atoms with Gasteiger partial charge in [0, 0.05) is 21.2 Å². The number of ketones is 1. The van der Waals surface area contributed by atoms with Gasteiger partial charge < -0.3 is 21.7 Å². The van der Waals surface area contributed by atoms with Crippen molar-refractivity contribution in [2.45, 2.75) is 56.7 Å². The van der Waals surface area contributed by atoms with Crippen molar-refractivity contribution in [1.82, 2.24) is 58.2 Å². The average molecular weight is 1170 g/mol. The molecule has 2 amide bonds. The molecule has 0 radical (unpaired) electrons. The number of para-hydroxylation sites is 2. The molecule has 0 spiro atoms. The Kier molecular flexibility index (Phi) is 15.9. The quantitative estimate of drug-likeness (QED) is 0.0763. The zero-order chi connectivity index (χ0) is 58.3. The van der Waals surface area contributed by atoms with Crippen LogP contribution >= 0.6 is 23.2 Å². The Hall–Kier alpha value is -8.69. The number of nitrogens with two attached hydrogens (primary N) is 2. The van der Waals surface area contributed by atoms with Crippen LogP contribution in [-0.2, 0) is 43.3 Å². The Morgan fingerprint density at radius 3 is 1.25 bits per heavy atom. The average Bonchev–Trinajstić information content (AvgIpc) is 4.24. The molecule has 0 saturated heterocycles. The van der Waals surface area contributed by atoms with Crippen LogP contribution in [0.15, 0.2) is 107 Å². The molecule has 8 aromatic rings. The first-order valence-electron chi connectivity index (χ1n) is 21.5. The summed E-state index contributed by atoms with van der Waals surface area (Å²) in [4.78, 5) is 69.2. The van der Waals surface area contributed by atoms with Crippen LogP contribution in [0.5, 0.6) is 0 Å². The number of benzene rings is 4. The van der Waals surface area contributed by atoms with Gasteiger partial charge >= 0.3 is 36.1 Å². The molecule has 0 atom stereocenters. The minimum atomic E-state index is -5.56. The summed E-state index contributed by atoms with van der Waals surface area (Å²) in [7, 11) is 0. The van der Waals surface area contributed by atoms with Gasteiger partial charge in [0.2, 0.25) is 11.6 Å². The van der Waals surface area contributed by atoms with Crippen molar-refractivity contribution in [2.24, 2.45) is 11.5 Å². The first-order chi connectivity index (χ1) is 36.7. The summed E-state index contributed by atoms with van der Waals surface area (Å²) in [5.74, 6) is -12.2. The van der Waals surface area contributed by atoms with Gasteiger partial charge in [-0.3, -0.25) is 23.5 Å². The number of aromatic nitrogens is 12. The van der Waals surface area contributed by atoms with Gasteiger partial charge in [-0.1, -0.05) is 47.5 Å². The number of carbonyl (C=O) groups excluding carboxylic acids is 3. The third-order valence-electron chi connectivity index (χ3n) is 10.7. The molecule has 0 aliphatic rings. The van der Waals surface area contributed by atoms with E-state index in [9.17, 15) is 86.9 Å². The number of carbonyl (C=O) groups is 3. The maximum absolute atomic E-state index is 13.6. The smallest absolute Gasteiger partial charge is 0.363 e. The first-order valence-corrected chi connectivity index (χ1v) is 22.2. The summed E-state index contributed by atoms with van der Waals surface area (Å²) in [5.41, 5.74) is 4.68. The lowest BCUT2D eigenvalue weighted by atomic mass is 10.1. The van der Waals surface area contributed by atoms with E-state index in [2.05, 4.69) is 30.4 Å². The Bertz CT molecular complexity index is 3730. The van der Waals surface area contributed by atoms with E-state index < -0.39 is 137 Å². The minimum Gasteiger partial charge on any atom is -0.363 e. The van der Waals surface area contributed by atoms with Gasteiger partial charge in [0.25, 0.3) is 23.4 Å². The molecule has 21 nitrogen and oxygen atoms in total. The fraction of sp³-hybridized carbons (Fsp3) is 0.205. The number of halogens is 14. The second-order valence-electron chi connectivity index (χ2n) is 16.2. The predicted molar refractivity (Wildman–Crippen MR) is 246 cm³/mol. The largest absolute Gasteiger partial charge is 0.451 e. The van der Waals surface area contributed by atoms with E-state index in [0.717, 1.165) is 36.4 Å². The number of amides is 2. The van der Waals surface area contributed by atoms with Gasteiger partial charge in [0.1, 0.15) is 13.1 Å². The van der Waals surface area contributed by atoms with E-state index in [-0.39, 0.29) is 27.0 Å². The molecule has 0 fully saturated rings. The maximum Gasteiger partial charge on any atom is 0.451 e. The van der Waals surface area contributed by atoms with Gasteiger partial charge in [-0.2, -0.15) is 52.7 Å². The lowest BCUT2D eigenvalue weighted by molar-refractivity contribution is -0.353. The van der Waals surface area contributed by atoms with E-state index in [0.29, 0.717) is 27.9 Å². The maximum atomic E-state index is 13.6. The van der Waals surface area contributed by atoms with Crippen LogP contribution in [0.25, 0.3) is 34.2 Å². The third kappa shape index (κ3) is 12.7. The Morgan fingerprint density at radius 1 is 0.532 bits per heavy atom. The molecule has 4 aromatic heterocycles. The highest BCUT2D eigenvalue weighted by molar-refractivity contribution is 6.30. The Balaban J connectivity index is 0.000000229. The molecule has 4 aromatic carbocycles. The van der Waals surface area contributed by atoms with E-state index >= 15 is 0 Å². The van der Waals surface area contributed by atoms with Crippen molar-refractivity contribution in [1.29, 1.82) is 0 Å². The van der Waals surface area contributed by atoms with Crippen molar-refractivity contribution in [3.63, 3.8) is 0 Å². The van der Waals surface area contributed by atoms with Crippen LogP contribution in [0.3, 0.4) is 0 Å². The lowest BCUT2D eigenvalue weighted by Gasteiger charge is -2.24. The number of primary amides is 2. The molecule has 6 N–H and O–H groups in total. The normalized spacial score (nSPS) is 12.4. The fourth-order valence-corrected chi connectivity index (χ4v) is 7.36.